The predicted octanol–water partition coefficient (Wildman–Crippen LogP) is 3.44. The minimum absolute atomic E-state index is 0.185. The number of hydrogen-bond donors (Lipinski definition) is 0. The first-order chi connectivity index (χ1) is 13.5. The lowest BCUT2D eigenvalue weighted by Gasteiger charge is -2.21. The van der Waals surface area contributed by atoms with E-state index in [1.807, 2.05) is 36.4 Å². The maximum atomic E-state index is 13.0. The summed E-state index contributed by atoms with van der Waals surface area (Å²) in [6.45, 7) is 1.14. The van der Waals surface area contributed by atoms with Gasteiger partial charge in [0.15, 0.2) is 11.5 Å². The Morgan fingerprint density at radius 1 is 0.929 bits per heavy atom. The third kappa shape index (κ3) is 3.50. The van der Waals surface area contributed by atoms with Crippen LogP contribution in [0.5, 0.6) is 17.2 Å². The monoisotopic (exact) mass is 399 g/mol. The summed E-state index contributed by atoms with van der Waals surface area (Å²) >= 11 is 0. The van der Waals surface area contributed by atoms with E-state index in [2.05, 4.69) is 0 Å². The quantitative estimate of drug-likeness (QED) is 0.658. The SMILES string of the molecule is COc1ccc2cc(CN(C)S(=O)(=O)c3ccc4c(c3)OCCO4)ccc2c1. The average molecular weight is 399 g/mol. The Morgan fingerprint density at radius 3 is 2.43 bits per heavy atom. The Morgan fingerprint density at radius 2 is 1.64 bits per heavy atom. The van der Waals surface area contributed by atoms with Gasteiger partial charge in [-0.3, -0.25) is 0 Å². The molecule has 7 heteroatoms. The molecule has 146 valence electrons. The summed E-state index contributed by atoms with van der Waals surface area (Å²) < 4.78 is 43.5. The highest BCUT2D eigenvalue weighted by Crippen LogP contribution is 2.33. The zero-order valence-electron chi connectivity index (χ0n) is 15.7. The van der Waals surface area contributed by atoms with Gasteiger partial charge in [-0.1, -0.05) is 18.2 Å². The van der Waals surface area contributed by atoms with Crippen molar-refractivity contribution in [3.8, 4) is 17.2 Å². The van der Waals surface area contributed by atoms with Gasteiger partial charge in [-0.05, 0) is 46.7 Å². The zero-order chi connectivity index (χ0) is 19.7. The van der Waals surface area contributed by atoms with Crippen molar-refractivity contribution in [3.63, 3.8) is 0 Å². The van der Waals surface area contributed by atoms with E-state index in [9.17, 15) is 8.42 Å². The van der Waals surface area contributed by atoms with E-state index in [4.69, 9.17) is 14.2 Å². The van der Waals surface area contributed by atoms with Crippen molar-refractivity contribution in [1.29, 1.82) is 0 Å². The van der Waals surface area contributed by atoms with Crippen LogP contribution in [0.1, 0.15) is 5.56 Å². The summed E-state index contributed by atoms with van der Waals surface area (Å²) in [5.74, 6) is 1.82. The lowest BCUT2D eigenvalue weighted by atomic mass is 10.1. The van der Waals surface area contributed by atoms with E-state index in [1.54, 1.807) is 26.3 Å². The molecule has 0 atom stereocenters. The molecule has 0 bridgehead atoms. The molecule has 28 heavy (non-hydrogen) atoms. The largest absolute Gasteiger partial charge is 0.497 e. The number of methoxy groups -OCH3 is 1. The molecule has 3 aromatic rings. The lowest BCUT2D eigenvalue weighted by molar-refractivity contribution is 0.171. The van der Waals surface area contributed by atoms with Crippen LogP contribution in [0, 0.1) is 0 Å². The molecular weight excluding hydrogens is 378 g/mol. The standard InChI is InChI=1S/C21H21NO5S/c1-22(14-15-3-4-17-12-18(25-2)6-5-16(17)11-15)28(23,24)19-7-8-20-21(13-19)27-10-9-26-20/h3-8,11-13H,9-10,14H2,1-2H3. The number of benzene rings is 3. The minimum Gasteiger partial charge on any atom is -0.497 e. The number of hydrogen-bond acceptors (Lipinski definition) is 5. The average Bonchev–Trinajstić information content (AvgIpc) is 2.72. The summed E-state index contributed by atoms with van der Waals surface area (Å²) in [5.41, 5.74) is 0.904. The fraction of sp³-hybridized carbons (Fsp3) is 0.238. The van der Waals surface area contributed by atoms with Crippen LogP contribution in [-0.2, 0) is 16.6 Å². The van der Waals surface area contributed by atoms with E-state index in [0.29, 0.717) is 24.7 Å². The maximum Gasteiger partial charge on any atom is 0.243 e. The van der Waals surface area contributed by atoms with Gasteiger partial charge in [0.05, 0.1) is 12.0 Å². The predicted molar refractivity (Wildman–Crippen MR) is 107 cm³/mol. The van der Waals surface area contributed by atoms with Crippen molar-refractivity contribution >= 4 is 20.8 Å². The molecule has 1 heterocycles. The van der Waals surface area contributed by atoms with Gasteiger partial charge in [-0.2, -0.15) is 4.31 Å². The van der Waals surface area contributed by atoms with Crippen LogP contribution >= 0.6 is 0 Å². The molecule has 0 spiro atoms. The molecule has 3 aromatic carbocycles. The first-order valence-corrected chi connectivity index (χ1v) is 10.3. The number of rotatable bonds is 5. The molecular formula is C21H21NO5S. The first kappa shape index (κ1) is 18.6. The van der Waals surface area contributed by atoms with Crippen LogP contribution in [0.3, 0.4) is 0 Å². The fourth-order valence-electron chi connectivity index (χ4n) is 3.20. The fourth-order valence-corrected chi connectivity index (χ4v) is 4.38. The summed E-state index contributed by atoms with van der Waals surface area (Å²) in [4.78, 5) is 0.185. The van der Waals surface area contributed by atoms with Crippen LogP contribution in [0.4, 0.5) is 0 Å². The normalized spacial score (nSPS) is 13.7. The highest BCUT2D eigenvalue weighted by Gasteiger charge is 2.24. The van der Waals surface area contributed by atoms with Gasteiger partial charge >= 0.3 is 0 Å². The second kappa shape index (κ2) is 7.33. The third-order valence-corrected chi connectivity index (χ3v) is 6.54. The summed E-state index contributed by atoms with van der Waals surface area (Å²) in [7, 11) is -0.451. The van der Waals surface area contributed by atoms with Crippen LogP contribution < -0.4 is 14.2 Å². The van der Waals surface area contributed by atoms with Crippen molar-refractivity contribution in [3.05, 3.63) is 60.2 Å². The maximum absolute atomic E-state index is 13.0. The van der Waals surface area contributed by atoms with Gasteiger partial charge in [-0.25, -0.2) is 8.42 Å². The van der Waals surface area contributed by atoms with Crippen molar-refractivity contribution in [2.75, 3.05) is 27.4 Å². The smallest absolute Gasteiger partial charge is 0.243 e. The summed E-state index contributed by atoms with van der Waals surface area (Å²) in [6.07, 6.45) is 0. The highest BCUT2D eigenvalue weighted by molar-refractivity contribution is 7.89. The molecule has 0 saturated heterocycles. The first-order valence-electron chi connectivity index (χ1n) is 8.90. The molecule has 0 unspecified atom stereocenters. The second-order valence-corrected chi connectivity index (χ2v) is 8.66. The molecule has 0 radical (unpaired) electrons. The molecule has 0 amide bonds. The van der Waals surface area contributed by atoms with Crippen LogP contribution in [0.15, 0.2) is 59.5 Å². The molecule has 0 N–H and O–H groups in total. The van der Waals surface area contributed by atoms with E-state index < -0.39 is 10.0 Å². The van der Waals surface area contributed by atoms with Gasteiger partial charge in [0.25, 0.3) is 0 Å². The molecule has 0 fully saturated rings. The van der Waals surface area contributed by atoms with Crippen molar-refractivity contribution in [2.45, 2.75) is 11.4 Å². The number of ether oxygens (including phenoxy) is 3. The highest BCUT2D eigenvalue weighted by atomic mass is 32.2. The lowest BCUT2D eigenvalue weighted by Crippen LogP contribution is -2.26. The topological polar surface area (TPSA) is 65.1 Å². The minimum atomic E-state index is -3.66. The van der Waals surface area contributed by atoms with Gasteiger partial charge in [-0.15, -0.1) is 0 Å². The Labute approximate surface area is 164 Å². The van der Waals surface area contributed by atoms with Crippen molar-refractivity contribution < 1.29 is 22.6 Å². The van der Waals surface area contributed by atoms with Gasteiger partial charge in [0, 0.05) is 19.7 Å². The molecule has 0 aliphatic carbocycles. The molecule has 6 nitrogen and oxygen atoms in total. The number of nitrogens with zero attached hydrogens (tertiary/aromatic N) is 1. The summed E-state index contributed by atoms with van der Waals surface area (Å²) in [6, 6.07) is 16.4. The Bertz CT molecular complexity index is 1130. The van der Waals surface area contributed by atoms with E-state index in [-0.39, 0.29) is 11.4 Å². The van der Waals surface area contributed by atoms with E-state index in [1.165, 1.54) is 10.4 Å². The molecule has 1 aliphatic rings. The summed E-state index contributed by atoms with van der Waals surface area (Å²) in [5, 5.41) is 2.07. The number of sulfonamides is 1. The van der Waals surface area contributed by atoms with Crippen LogP contribution in [0.2, 0.25) is 0 Å². The van der Waals surface area contributed by atoms with Crippen LogP contribution in [-0.4, -0.2) is 40.1 Å². The van der Waals surface area contributed by atoms with E-state index in [0.717, 1.165) is 22.1 Å². The number of fused-ring (bicyclic) bond motifs is 2. The third-order valence-electron chi connectivity index (χ3n) is 4.74. The second-order valence-electron chi connectivity index (χ2n) is 6.61. The molecule has 4 rings (SSSR count). The Balaban J connectivity index is 1.58. The Hall–Kier alpha value is -2.77. The van der Waals surface area contributed by atoms with Gasteiger partial charge < -0.3 is 14.2 Å². The van der Waals surface area contributed by atoms with Gasteiger partial charge in [0.2, 0.25) is 10.0 Å². The molecule has 0 aromatic heterocycles. The molecule has 0 saturated carbocycles. The zero-order valence-corrected chi connectivity index (χ0v) is 16.5. The van der Waals surface area contributed by atoms with E-state index >= 15 is 0 Å². The van der Waals surface area contributed by atoms with Crippen molar-refractivity contribution in [1.82, 2.24) is 4.31 Å². The van der Waals surface area contributed by atoms with Crippen molar-refractivity contribution in [2.24, 2.45) is 0 Å². The van der Waals surface area contributed by atoms with Crippen LogP contribution in [0.25, 0.3) is 10.8 Å². The van der Waals surface area contributed by atoms with Gasteiger partial charge in [0.1, 0.15) is 19.0 Å². The Kier molecular flexibility index (Phi) is 4.87. The molecule has 1 aliphatic heterocycles.